The highest BCUT2D eigenvalue weighted by atomic mass is 79.9. The van der Waals surface area contributed by atoms with Crippen molar-refractivity contribution >= 4 is 27.7 Å². The van der Waals surface area contributed by atoms with Gasteiger partial charge in [-0.3, -0.25) is 19.7 Å². The number of benzene rings is 1. The van der Waals surface area contributed by atoms with Crippen LogP contribution in [0, 0.1) is 15.5 Å². The molecule has 0 unspecified atom stereocenters. The lowest BCUT2D eigenvalue weighted by Crippen LogP contribution is -2.44. The number of ether oxygens (including phenoxy) is 1. The maximum atomic E-state index is 12.5. The molecule has 1 aliphatic rings. The molecule has 0 aliphatic heterocycles. The molecule has 1 fully saturated rings. The van der Waals surface area contributed by atoms with Crippen LogP contribution in [0.25, 0.3) is 0 Å². The maximum Gasteiger partial charge on any atom is 0.320 e. The largest absolute Gasteiger partial charge is 0.468 e. The highest BCUT2D eigenvalue weighted by Crippen LogP contribution is 2.49. The Morgan fingerprint density at radius 1 is 1.50 bits per heavy atom. The van der Waals surface area contributed by atoms with Gasteiger partial charge in [0.15, 0.2) is 5.78 Å². The fourth-order valence-corrected chi connectivity index (χ4v) is 3.79. The van der Waals surface area contributed by atoms with Gasteiger partial charge in [-0.25, -0.2) is 0 Å². The number of esters is 1. The Bertz CT molecular complexity index is 618. The van der Waals surface area contributed by atoms with Crippen LogP contribution in [0.2, 0.25) is 0 Å². The molecule has 1 aromatic rings. The number of halogens is 1. The van der Waals surface area contributed by atoms with Crippen molar-refractivity contribution < 1.29 is 19.2 Å². The Labute approximate surface area is 136 Å². The lowest BCUT2D eigenvalue weighted by Gasteiger charge is -2.31. The highest BCUT2D eigenvalue weighted by molar-refractivity contribution is 9.10. The smallest absolute Gasteiger partial charge is 0.320 e. The van der Waals surface area contributed by atoms with Gasteiger partial charge >= 0.3 is 5.97 Å². The Morgan fingerprint density at radius 3 is 2.68 bits per heavy atom. The van der Waals surface area contributed by atoms with Crippen LogP contribution in [0.15, 0.2) is 28.7 Å². The summed E-state index contributed by atoms with van der Waals surface area (Å²) in [6.07, 6.45) is 1.05. The predicted octanol–water partition coefficient (Wildman–Crippen LogP) is 2.72. The molecule has 0 radical (unpaired) electrons. The lowest BCUT2D eigenvalue weighted by molar-refractivity contribution is -0.485. The molecule has 0 bridgehead atoms. The molecule has 0 saturated heterocycles. The normalized spacial score (nSPS) is 22.4. The first-order valence-corrected chi connectivity index (χ1v) is 7.70. The molecule has 2 atom stereocenters. The van der Waals surface area contributed by atoms with Crippen LogP contribution >= 0.6 is 15.9 Å². The standard InChI is InChI=1S/C15H16BrNO5/c1-22-14(19)15(8-4-7-13(15)18)11(9-17(20)21)10-5-2-3-6-12(10)16/h2-3,5-6,11H,4,7-9H2,1H3/t11-,15+/m1/s1. The number of nitrogens with zero attached hydrogens (tertiary/aromatic N) is 1. The third kappa shape index (κ3) is 2.77. The second-order valence-electron chi connectivity index (χ2n) is 5.33. The van der Waals surface area contributed by atoms with Gasteiger partial charge in [-0.05, 0) is 24.5 Å². The molecule has 7 heteroatoms. The molecule has 0 N–H and O–H groups in total. The first kappa shape index (κ1) is 16.6. The number of Topliss-reactive ketones (excluding diaryl/α,β-unsaturated/α-hetero) is 1. The summed E-state index contributed by atoms with van der Waals surface area (Å²) in [5.41, 5.74) is -0.883. The van der Waals surface area contributed by atoms with Crippen LogP contribution in [0.3, 0.4) is 0 Å². The highest BCUT2D eigenvalue weighted by Gasteiger charge is 2.57. The summed E-state index contributed by atoms with van der Waals surface area (Å²) in [6, 6.07) is 6.96. The first-order chi connectivity index (χ1) is 10.4. The van der Waals surface area contributed by atoms with E-state index < -0.39 is 28.8 Å². The van der Waals surface area contributed by atoms with E-state index in [1.54, 1.807) is 24.3 Å². The Kier molecular flexibility index (Phi) is 4.95. The molecule has 1 aliphatic carbocycles. The molecule has 0 heterocycles. The minimum absolute atomic E-state index is 0.244. The van der Waals surface area contributed by atoms with Gasteiger partial charge < -0.3 is 4.74 Å². The van der Waals surface area contributed by atoms with E-state index in [2.05, 4.69) is 15.9 Å². The monoisotopic (exact) mass is 369 g/mol. The molecule has 6 nitrogen and oxygen atoms in total. The summed E-state index contributed by atoms with van der Waals surface area (Å²) in [7, 11) is 1.21. The second-order valence-corrected chi connectivity index (χ2v) is 6.18. The predicted molar refractivity (Wildman–Crippen MR) is 82.1 cm³/mol. The summed E-state index contributed by atoms with van der Waals surface area (Å²) >= 11 is 3.36. The van der Waals surface area contributed by atoms with E-state index in [1.807, 2.05) is 0 Å². The van der Waals surface area contributed by atoms with Crippen molar-refractivity contribution in [2.75, 3.05) is 13.7 Å². The number of ketones is 1. The topological polar surface area (TPSA) is 86.5 Å². The van der Waals surface area contributed by atoms with Gasteiger partial charge in [0.25, 0.3) is 0 Å². The van der Waals surface area contributed by atoms with Gasteiger partial charge in [-0.2, -0.15) is 0 Å². The number of methoxy groups -OCH3 is 1. The van der Waals surface area contributed by atoms with E-state index in [-0.39, 0.29) is 18.6 Å². The third-order valence-corrected chi connectivity index (χ3v) is 4.95. The van der Waals surface area contributed by atoms with Crippen molar-refractivity contribution in [1.29, 1.82) is 0 Å². The van der Waals surface area contributed by atoms with Crippen LogP contribution in [0.1, 0.15) is 30.7 Å². The number of hydrogen-bond acceptors (Lipinski definition) is 5. The molecule has 0 spiro atoms. The zero-order valence-electron chi connectivity index (χ0n) is 12.1. The van der Waals surface area contributed by atoms with Crippen LogP contribution < -0.4 is 0 Å². The van der Waals surface area contributed by atoms with E-state index in [1.165, 1.54) is 7.11 Å². The van der Waals surface area contributed by atoms with Crippen molar-refractivity contribution in [2.24, 2.45) is 5.41 Å². The summed E-state index contributed by atoms with van der Waals surface area (Å²) < 4.78 is 5.48. The van der Waals surface area contributed by atoms with Crippen molar-refractivity contribution in [2.45, 2.75) is 25.2 Å². The zero-order chi connectivity index (χ0) is 16.3. The molecule has 22 heavy (non-hydrogen) atoms. The molecule has 0 amide bonds. The van der Waals surface area contributed by atoms with Crippen LogP contribution in [0.4, 0.5) is 0 Å². The SMILES string of the molecule is COC(=O)[C@]1([C@H](C[N+](=O)[O-])c2ccccc2Br)CCCC1=O. The number of carbonyl (C=O) groups excluding carboxylic acids is 2. The fraction of sp³-hybridized carbons (Fsp3) is 0.467. The van der Waals surface area contributed by atoms with Crippen molar-refractivity contribution in [3.8, 4) is 0 Å². The molecule has 1 aromatic carbocycles. The minimum Gasteiger partial charge on any atom is -0.468 e. The maximum absolute atomic E-state index is 12.5. The molecular weight excluding hydrogens is 354 g/mol. The van der Waals surface area contributed by atoms with E-state index in [0.717, 1.165) is 0 Å². The van der Waals surface area contributed by atoms with Crippen molar-refractivity contribution in [1.82, 2.24) is 0 Å². The van der Waals surface area contributed by atoms with Gasteiger partial charge in [0.1, 0.15) is 5.41 Å². The average molecular weight is 370 g/mol. The number of hydrogen-bond donors (Lipinski definition) is 0. The van der Waals surface area contributed by atoms with Crippen LogP contribution in [0.5, 0.6) is 0 Å². The minimum atomic E-state index is -1.47. The van der Waals surface area contributed by atoms with Gasteiger partial charge in [0.05, 0.1) is 13.0 Å². The Balaban J connectivity index is 2.60. The fourth-order valence-electron chi connectivity index (χ4n) is 3.23. The van der Waals surface area contributed by atoms with Crippen LogP contribution in [-0.2, 0) is 14.3 Å². The van der Waals surface area contributed by atoms with E-state index in [0.29, 0.717) is 16.5 Å². The second kappa shape index (κ2) is 6.56. The van der Waals surface area contributed by atoms with Crippen LogP contribution in [-0.4, -0.2) is 30.3 Å². The van der Waals surface area contributed by atoms with Gasteiger partial charge in [0.2, 0.25) is 6.54 Å². The number of rotatable bonds is 5. The summed E-state index contributed by atoms with van der Waals surface area (Å²) in [4.78, 5) is 35.5. The summed E-state index contributed by atoms with van der Waals surface area (Å²) in [5.74, 6) is -1.81. The molecule has 1 saturated carbocycles. The van der Waals surface area contributed by atoms with E-state index >= 15 is 0 Å². The Morgan fingerprint density at radius 2 is 2.18 bits per heavy atom. The summed E-state index contributed by atoms with van der Waals surface area (Å²) in [5, 5.41) is 11.1. The summed E-state index contributed by atoms with van der Waals surface area (Å²) in [6.45, 7) is -0.497. The molecule has 0 aromatic heterocycles. The van der Waals surface area contributed by atoms with Crippen molar-refractivity contribution in [3.63, 3.8) is 0 Å². The van der Waals surface area contributed by atoms with E-state index in [9.17, 15) is 19.7 Å². The first-order valence-electron chi connectivity index (χ1n) is 6.91. The van der Waals surface area contributed by atoms with E-state index in [4.69, 9.17) is 4.74 Å². The Hall–Kier alpha value is -1.76. The third-order valence-electron chi connectivity index (χ3n) is 4.23. The quantitative estimate of drug-likeness (QED) is 0.344. The number of carbonyl (C=O) groups is 2. The van der Waals surface area contributed by atoms with Gasteiger partial charge in [-0.15, -0.1) is 0 Å². The van der Waals surface area contributed by atoms with Gasteiger partial charge in [0, 0.05) is 15.8 Å². The lowest BCUT2D eigenvalue weighted by atomic mass is 9.70. The van der Waals surface area contributed by atoms with Gasteiger partial charge in [-0.1, -0.05) is 34.1 Å². The number of nitro groups is 1. The molecular formula is C15H16BrNO5. The molecule has 2 rings (SSSR count). The molecule has 118 valence electrons. The zero-order valence-corrected chi connectivity index (χ0v) is 13.7. The average Bonchev–Trinajstić information content (AvgIpc) is 2.87. The van der Waals surface area contributed by atoms with Crippen molar-refractivity contribution in [3.05, 3.63) is 44.4 Å².